The number of carbonyl (C=O) groups excluding carboxylic acids is 1. The molecule has 0 bridgehead atoms. The summed E-state index contributed by atoms with van der Waals surface area (Å²) in [6.45, 7) is 13.6. The van der Waals surface area contributed by atoms with Gasteiger partial charge in [-0.1, -0.05) is 33.4 Å². The van der Waals surface area contributed by atoms with Gasteiger partial charge < -0.3 is 4.90 Å². The Hall–Kier alpha value is -3.40. The van der Waals surface area contributed by atoms with Gasteiger partial charge in [-0.2, -0.15) is 10.2 Å². The van der Waals surface area contributed by atoms with Gasteiger partial charge in [0, 0.05) is 31.4 Å². The molecule has 0 unspecified atom stereocenters. The summed E-state index contributed by atoms with van der Waals surface area (Å²) in [6, 6.07) is 10.0. The van der Waals surface area contributed by atoms with Gasteiger partial charge in [0.1, 0.15) is 11.6 Å². The van der Waals surface area contributed by atoms with Crippen LogP contribution in [0, 0.1) is 28.4 Å². The lowest BCUT2D eigenvalue weighted by Gasteiger charge is -2.45. The number of anilines is 1. The molecule has 0 saturated heterocycles. The molecule has 0 spiro atoms. The van der Waals surface area contributed by atoms with Gasteiger partial charge in [-0.15, -0.1) is 0 Å². The van der Waals surface area contributed by atoms with Crippen LogP contribution in [-0.2, 0) is 10.0 Å². The van der Waals surface area contributed by atoms with Crippen LogP contribution < -0.4 is 4.72 Å². The van der Waals surface area contributed by atoms with Crippen LogP contribution >= 0.6 is 0 Å². The second-order valence-corrected chi connectivity index (χ2v) is 12.9. The molecule has 0 aromatic heterocycles. The highest BCUT2D eigenvalue weighted by atomic mass is 32.2. The van der Waals surface area contributed by atoms with Crippen LogP contribution in [0.1, 0.15) is 56.5 Å². The second-order valence-electron chi connectivity index (χ2n) is 11.1. The van der Waals surface area contributed by atoms with E-state index in [0.29, 0.717) is 29.9 Å². The monoisotopic (exact) mass is 572 g/mol. The summed E-state index contributed by atoms with van der Waals surface area (Å²) >= 11 is 0. The molecule has 1 aliphatic carbocycles. The third-order valence-electron chi connectivity index (χ3n) is 8.25. The van der Waals surface area contributed by atoms with Crippen molar-refractivity contribution in [3.63, 3.8) is 0 Å². The lowest BCUT2D eigenvalue weighted by Crippen LogP contribution is -2.46. The normalized spacial score (nSPS) is 21.0. The number of azo groups is 1. The molecular formula is C30H38F2N4O3S. The molecule has 0 radical (unpaired) electrons. The van der Waals surface area contributed by atoms with E-state index < -0.39 is 21.7 Å². The third-order valence-corrected chi connectivity index (χ3v) is 8.86. The quantitative estimate of drug-likeness (QED) is 0.247. The molecule has 0 aliphatic heterocycles. The van der Waals surface area contributed by atoms with Crippen LogP contribution in [0.4, 0.5) is 14.5 Å². The van der Waals surface area contributed by atoms with Crippen molar-refractivity contribution in [1.82, 2.24) is 4.90 Å². The van der Waals surface area contributed by atoms with Gasteiger partial charge in [-0.3, -0.25) is 9.52 Å². The third kappa shape index (κ3) is 6.66. The number of rotatable bonds is 10. The minimum absolute atomic E-state index is 0.0236. The lowest BCUT2D eigenvalue weighted by atomic mass is 9.64. The van der Waals surface area contributed by atoms with Gasteiger partial charge in [0.2, 0.25) is 10.0 Å². The Kier molecular flexibility index (Phi) is 9.34. The first-order chi connectivity index (χ1) is 18.6. The van der Waals surface area contributed by atoms with E-state index in [1.807, 2.05) is 6.92 Å². The fourth-order valence-corrected chi connectivity index (χ4v) is 6.17. The molecule has 7 nitrogen and oxygen atoms in total. The molecule has 3 rings (SSSR count). The minimum atomic E-state index is -3.42. The van der Waals surface area contributed by atoms with E-state index in [0.717, 1.165) is 19.1 Å². The number of nitrogens with one attached hydrogen (secondary N) is 1. The molecular weight excluding hydrogens is 534 g/mol. The Balaban J connectivity index is 1.84. The smallest absolute Gasteiger partial charge is 0.253 e. The Morgan fingerprint density at radius 2 is 1.75 bits per heavy atom. The second kappa shape index (κ2) is 12.0. The van der Waals surface area contributed by atoms with Crippen LogP contribution in [0.25, 0.3) is 5.70 Å². The zero-order chi connectivity index (χ0) is 29.9. The zero-order valence-corrected chi connectivity index (χ0v) is 24.8. The fourth-order valence-electron chi connectivity index (χ4n) is 5.60. The van der Waals surface area contributed by atoms with Crippen LogP contribution in [-0.4, -0.2) is 45.6 Å². The first-order valence-corrected chi connectivity index (χ1v) is 15.0. The van der Waals surface area contributed by atoms with E-state index in [1.54, 1.807) is 35.2 Å². The van der Waals surface area contributed by atoms with Crippen LogP contribution in [0.15, 0.2) is 70.9 Å². The van der Waals surface area contributed by atoms with Crippen molar-refractivity contribution in [2.24, 2.45) is 27.0 Å². The molecule has 40 heavy (non-hydrogen) atoms. The number of allylic oxidation sites excluding steroid dienone is 2. The highest BCUT2D eigenvalue weighted by molar-refractivity contribution is 7.92. The number of carbonyl (C=O) groups is 1. The number of benzene rings is 2. The van der Waals surface area contributed by atoms with Gasteiger partial charge in [0.05, 0.1) is 17.5 Å². The maximum absolute atomic E-state index is 14.5. The predicted octanol–water partition coefficient (Wildman–Crippen LogP) is 6.92. The van der Waals surface area contributed by atoms with Crippen LogP contribution in [0.5, 0.6) is 0 Å². The molecule has 0 heterocycles. The van der Waals surface area contributed by atoms with Crippen molar-refractivity contribution < 1.29 is 22.0 Å². The number of halogens is 2. The number of nitrogens with zero attached hydrogens (tertiary/aromatic N) is 3. The molecule has 1 amide bonds. The maximum Gasteiger partial charge on any atom is 0.253 e. The molecule has 1 saturated carbocycles. The average molecular weight is 573 g/mol. The zero-order valence-electron chi connectivity index (χ0n) is 24.0. The van der Waals surface area contributed by atoms with E-state index in [1.165, 1.54) is 25.2 Å². The standard InChI is InChI=1S/C30H38F2N4O3S/c1-8-36(28(37)21-12-14-22(15-13-21)35-40(7,38)39)19-30(5)17-16-23(29(30,3)4)20(2)18-26(34-33-6)27-24(31)10-9-11-25(27)32/h9-15,18,23,35H,2,8,16-17,19H2,1,3-7H3/b26-18-,34-33?/t23-,30-/m0/s1. The van der Waals surface area contributed by atoms with E-state index in [-0.39, 0.29) is 33.9 Å². The topological polar surface area (TPSA) is 91.2 Å². The van der Waals surface area contributed by atoms with E-state index in [4.69, 9.17) is 0 Å². The summed E-state index contributed by atoms with van der Waals surface area (Å²) in [7, 11) is -1.97. The summed E-state index contributed by atoms with van der Waals surface area (Å²) in [4.78, 5) is 15.2. The molecule has 1 fully saturated rings. The van der Waals surface area contributed by atoms with Crippen molar-refractivity contribution in [2.75, 3.05) is 31.1 Å². The SMILES string of the molecule is C=C(/C=C(\N=NC)c1c(F)cccc1F)[C@@H]1CC[C@@](C)(CN(CC)C(=O)c2ccc(NS(C)(=O)=O)cc2)C1(C)C. The molecule has 1 aliphatic rings. The molecule has 1 N–H and O–H groups in total. The summed E-state index contributed by atoms with van der Waals surface area (Å²) in [5, 5.41) is 7.78. The first-order valence-electron chi connectivity index (χ1n) is 13.2. The van der Waals surface area contributed by atoms with Gasteiger partial charge >= 0.3 is 0 Å². The average Bonchev–Trinajstić information content (AvgIpc) is 3.10. The van der Waals surface area contributed by atoms with E-state index in [2.05, 4.69) is 42.3 Å². The number of sulfonamides is 1. The molecule has 216 valence electrons. The highest BCUT2D eigenvalue weighted by Crippen LogP contribution is 2.58. The van der Waals surface area contributed by atoms with Crippen molar-refractivity contribution in [1.29, 1.82) is 0 Å². The van der Waals surface area contributed by atoms with Gasteiger partial charge in [-0.25, -0.2) is 17.2 Å². The number of amides is 1. The van der Waals surface area contributed by atoms with Crippen LogP contribution in [0.3, 0.4) is 0 Å². The van der Waals surface area contributed by atoms with E-state index in [9.17, 15) is 22.0 Å². The molecule has 10 heteroatoms. The lowest BCUT2D eigenvalue weighted by molar-refractivity contribution is 0.0421. The Morgan fingerprint density at radius 3 is 2.27 bits per heavy atom. The fraction of sp³-hybridized carbons (Fsp3) is 0.433. The summed E-state index contributed by atoms with van der Waals surface area (Å²) in [5.74, 6) is -1.61. The molecule has 2 atom stereocenters. The summed E-state index contributed by atoms with van der Waals surface area (Å²) < 4.78 is 54.5. The predicted molar refractivity (Wildman–Crippen MR) is 155 cm³/mol. The van der Waals surface area contributed by atoms with Gasteiger partial charge in [-0.05, 0) is 84.6 Å². The largest absolute Gasteiger partial charge is 0.338 e. The molecule has 2 aromatic carbocycles. The van der Waals surface area contributed by atoms with E-state index >= 15 is 0 Å². The van der Waals surface area contributed by atoms with Crippen molar-refractivity contribution in [2.45, 2.75) is 40.5 Å². The van der Waals surface area contributed by atoms with Crippen LogP contribution in [0.2, 0.25) is 0 Å². The van der Waals surface area contributed by atoms with Crippen molar-refractivity contribution >= 4 is 27.3 Å². The molecule has 2 aromatic rings. The van der Waals surface area contributed by atoms with Gasteiger partial charge in [0.25, 0.3) is 5.91 Å². The Bertz CT molecular complexity index is 1420. The maximum atomic E-state index is 14.5. The Morgan fingerprint density at radius 1 is 1.15 bits per heavy atom. The summed E-state index contributed by atoms with van der Waals surface area (Å²) in [6.07, 6.45) is 4.28. The van der Waals surface area contributed by atoms with Crippen molar-refractivity contribution in [3.8, 4) is 0 Å². The number of hydrogen-bond donors (Lipinski definition) is 1. The first kappa shape index (κ1) is 31.1. The van der Waals surface area contributed by atoms with Crippen molar-refractivity contribution in [3.05, 3.63) is 83.5 Å². The van der Waals surface area contributed by atoms with Gasteiger partial charge in [0.15, 0.2) is 0 Å². The Labute approximate surface area is 236 Å². The number of hydrogen-bond acceptors (Lipinski definition) is 5. The highest BCUT2D eigenvalue weighted by Gasteiger charge is 2.52. The minimum Gasteiger partial charge on any atom is -0.338 e. The summed E-state index contributed by atoms with van der Waals surface area (Å²) in [5.41, 5.74) is 0.776.